The number of amides is 1. The highest BCUT2D eigenvalue weighted by Gasteiger charge is 2.06. The Morgan fingerprint density at radius 2 is 1.88 bits per heavy atom. The highest BCUT2D eigenvalue weighted by Crippen LogP contribution is 2.20. The Labute approximate surface area is 148 Å². The SMILES string of the molecule is O=C(COc1ccc2ccc(=O)oc2c1)Nc1cnc2ccccc2c1. The molecule has 1 N–H and O–H groups in total. The maximum atomic E-state index is 12.1. The summed E-state index contributed by atoms with van der Waals surface area (Å²) in [4.78, 5) is 27.7. The molecule has 0 unspecified atom stereocenters. The van der Waals surface area contributed by atoms with Gasteiger partial charge in [0.15, 0.2) is 6.61 Å². The largest absolute Gasteiger partial charge is 0.484 e. The molecule has 0 saturated heterocycles. The Morgan fingerprint density at radius 3 is 2.81 bits per heavy atom. The van der Waals surface area contributed by atoms with Gasteiger partial charge in [-0.25, -0.2) is 4.79 Å². The summed E-state index contributed by atoms with van der Waals surface area (Å²) >= 11 is 0. The highest BCUT2D eigenvalue weighted by molar-refractivity contribution is 5.94. The van der Waals surface area contributed by atoms with E-state index >= 15 is 0 Å². The lowest BCUT2D eigenvalue weighted by molar-refractivity contribution is -0.118. The number of pyridine rings is 1. The van der Waals surface area contributed by atoms with E-state index in [2.05, 4.69) is 10.3 Å². The molecule has 4 rings (SSSR count). The normalized spacial score (nSPS) is 10.8. The lowest BCUT2D eigenvalue weighted by atomic mass is 10.2. The number of carbonyl (C=O) groups excluding carboxylic acids is 1. The molecule has 0 saturated carbocycles. The number of ether oxygens (including phenoxy) is 1. The summed E-state index contributed by atoms with van der Waals surface area (Å²) in [5.74, 6) is 0.135. The fourth-order valence-electron chi connectivity index (χ4n) is 2.62. The van der Waals surface area contributed by atoms with Crippen molar-refractivity contribution in [2.24, 2.45) is 0 Å². The van der Waals surface area contributed by atoms with Crippen molar-refractivity contribution in [3.63, 3.8) is 0 Å². The van der Waals surface area contributed by atoms with Crippen molar-refractivity contribution in [2.45, 2.75) is 0 Å². The second-order valence-corrected chi connectivity index (χ2v) is 5.71. The van der Waals surface area contributed by atoms with E-state index in [1.54, 1.807) is 30.5 Å². The number of aromatic nitrogens is 1. The first-order chi connectivity index (χ1) is 12.7. The van der Waals surface area contributed by atoms with Crippen LogP contribution in [0.1, 0.15) is 0 Å². The summed E-state index contributed by atoms with van der Waals surface area (Å²) in [5, 5.41) is 4.47. The van der Waals surface area contributed by atoms with E-state index in [1.807, 2.05) is 30.3 Å². The zero-order valence-corrected chi connectivity index (χ0v) is 13.6. The minimum Gasteiger partial charge on any atom is -0.484 e. The summed E-state index contributed by atoms with van der Waals surface area (Å²) in [5.41, 5.74) is 1.44. The predicted octanol–water partition coefficient (Wildman–Crippen LogP) is 3.36. The number of para-hydroxylation sites is 1. The van der Waals surface area contributed by atoms with Gasteiger partial charge >= 0.3 is 5.63 Å². The predicted molar refractivity (Wildman–Crippen MR) is 98.4 cm³/mol. The lowest BCUT2D eigenvalue weighted by Crippen LogP contribution is -2.20. The van der Waals surface area contributed by atoms with Crippen molar-refractivity contribution in [1.82, 2.24) is 4.98 Å². The third kappa shape index (κ3) is 3.39. The van der Waals surface area contributed by atoms with Crippen LogP contribution in [0, 0.1) is 0 Å². The van der Waals surface area contributed by atoms with Gasteiger partial charge in [-0.2, -0.15) is 0 Å². The first-order valence-electron chi connectivity index (χ1n) is 7.99. The van der Waals surface area contributed by atoms with Gasteiger partial charge in [-0.1, -0.05) is 18.2 Å². The Bertz CT molecular complexity index is 1170. The maximum absolute atomic E-state index is 12.1. The third-order valence-corrected chi connectivity index (χ3v) is 3.84. The number of hydrogen-bond acceptors (Lipinski definition) is 5. The van der Waals surface area contributed by atoms with Gasteiger partial charge in [0.25, 0.3) is 5.91 Å². The van der Waals surface area contributed by atoms with Crippen LogP contribution >= 0.6 is 0 Å². The molecular formula is C20H14N2O4. The van der Waals surface area contributed by atoms with Crippen LogP contribution in [0.2, 0.25) is 0 Å². The van der Waals surface area contributed by atoms with Crippen molar-refractivity contribution >= 4 is 33.5 Å². The van der Waals surface area contributed by atoms with Crippen LogP contribution in [0.3, 0.4) is 0 Å². The van der Waals surface area contributed by atoms with Gasteiger partial charge in [-0.15, -0.1) is 0 Å². The Kier molecular flexibility index (Phi) is 4.07. The minimum absolute atomic E-state index is 0.171. The molecule has 1 amide bonds. The van der Waals surface area contributed by atoms with Gasteiger partial charge < -0.3 is 14.5 Å². The van der Waals surface area contributed by atoms with Crippen LogP contribution < -0.4 is 15.7 Å². The second-order valence-electron chi connectivity index (χ2n) is 5.71. The van der Waals surface area contributed by atoms with Crippen molar-refractivity contribution in [3.8, 4) is 5.75 Å². The number of hydrogen-bond donors (Lipinski definition) is 1. The van der Waals surface area contributed by atoms with E-state index in [0.717, 1.165) is 16.3 Å². The molecule has 0 aliphatic heterocycles. The molecule has 2 heterocycles. The number of fused-ring (bicyclic) bond motifs is 2. The molecule has 2 aromatic heterocycles. The zero-order chi connectivity index (χ0) is 17.9. The van der Waals surface area contributed by atoms with Crippen LogP contribution in [-0.4, -0.2) is 17.5 Å². The first-order valence-corrected chi connectivity index (χ1v) is 7.99. The van der Waals surface area contributed by atoms with Gasteiger partial charge in [-0.3, -0.25) is 9.78 Å². The molecular weight excluding hydrogens is 332 g/mol. The van der Waals surface area contributed by atoms with E-state index in [4.69, 9.17) is 9.15 Å². The van der Waals surface area contributed by atoms with Gasteiger partial charge in [0.1, 0.15) is 11.3 Å². The average molecular weight is 346 g/mol. The highest BCUT2D eigenvalue weighted by atomic mass is 16.5. The third-order valence-electron chi connectivity index (χ3n) is 3.84. The number of benzene rings is 2. The van der Waals surface area contributed by atoms with Crippen LogP contribution in [0.4, 0.5) is 5.69 Å². The first kappa shape index (κ1) is 15.8. The standard InChI is InChI=1S/C20H14N2O4/c23-19(22-15-9-14-3-1-2-4-17(14)21-11-15)12-25-16-7-5-13-6-8-20(24)26-18(13)10-16/h1-11H,12H2,(H,22,23). The number of anilines is 1. The Balaban J connectivity index is 1.43. The van der Waals surface area contributed by atoms with E-state index in [0.29, 0.717) is 17.0 Å². The number of nitrogens with one attached hydrogen (secondary N) is 1. The van der Waals surface area contributed by atoms with E-state index in [-0.39, 0.29) is 12.5 Å². The molecule has 0 atom stereocenters. The molecule has 0 aliphatic carbocycles. The molecule has 0 bridgehead atoms. The van der Waals surface area contributed by atoms with Crippen LogP contribution in [0.15, 0.2) is 76.1 Å². The van der Waals surface area contributed by atoms with E-state index < -0.39 is 5.63 Å². The van der Waals surface area contributed by atoms with Crippen molar-refractivity contribution < 1.29 is 13.9 Å². The van der Waals surface area contributed by atoms with Crippen LogP contribution in [0.5, 0.6) is 5.75 Å². The Morgan fingerprint density at radius 1 is 1.04 bits per heavy atom. The van der Waals surface area contributed by atoms with Gasteiger partial charge in [-0.05, 0) is 30.3 Å². The number of carbonyl (C=O) groups is 1. The van der Waals surface area contributed by atoms with Crippen molar-refractivity contribution in [3.05, 3.63) is 77.3 Å². The summed E-state index contributed by atoms with van der Waals surface area (Å²) in [6.45, 7) is -0.171. The molecule has 2 aromatic carbocycles. The van der Waals surface area contributed by atoms with Crippen LogP contribution in [0.25, 0.3) is 21.9 Å². The fourth-order valence-corrected chi connectivity index (χ4v) is 2.62. The molecule has 26 heavy (non-hydrogen) atoms. The van der Waals surface area contributed by atoms with Crippen molar-refractivity contribution in [1.29, 1.82) is 0 Å². The van der Waals surface area contributed by atoms with Gasteiger partial charge in [0.2, 0.25) is 0 Å². The monoisotopic (exact) mass is 346 g/mol. The Hall–Kier alpha value is -3.67. The minimum atomic E-state index is -0.434. The zero-order valence-electron chi connectivity index (χ0n) is 13.6. The molecule has 0 fully saturated rings. The van der Waals surface area contributed by atoms with Gasteiger partial charge in [0, 0.05) is 22.9 Å². The molecule has 6 heteroatoms. The number of rotatable bonds is 4. The molecule has 0 spiro atoms. The quantitative estimate of drug-likeness (QED) is 0.573. The summed E-state index contributed by atoms with van der Waals surface area (Å²) in [7, 11) is 0. The second kappa shape index (κ2) is 6.68. The summed E-state index contributed by atoms with van der Waals surface area (Å²) in [6, 6.07) is 17.6. The number of nitrogens with zero attached hydrogens (tertiary/aromatic N) is 1. The maximum Gasteiger partial charge on any atom is 0.336 e. The summed E-state index contributed by atoms with van der Waals surface area (Å²) < 4.78 is 10.6. The fraction of sp³-hybridized carbons (Fsp3) is 0.0500. The van der Waals surface area contributed by atoms with Gasteiger partial charge in [0.05, 0.1) is 17.4 Å². The molecule has 0 aliphatic rings. The molecule has 128 valence electrons. The van der Waals surface area contributed by atoms with Crippen molar-refractivity contribution in [2.75, 3.05) is 11.9 Å². The average Bonchev–Trinajstić information content (AvgIpc) is 2.66. The smallest absolute Gasteiger partial charge is 0.336 e. The molecule has 6 nitrogen and oxygen atoms in total. The summed E-state index contributed by atoms with van der Waals surface area (Å²) in [6.07, 6.45) is 1.60. The van der Waals surface area contributed by atoms with Crippen LogP contribution in [-0.2, 0) is 4.79 Å². The van der Waals surface area contributed by atoms with E-state index in [1.165, 1.54) is 6.07 Å². The topological polar surface area (TPSA) is 81.4 Å². The molecule has 0 radical (unpaired) electrons. The lowest BCUT2D eigenvalue weighted by Gasteiger charge is -2.08. The molecule has 4 aromatic rings. The van der Waals surface area contributed by atoms with E-state index in [9.17, 15) is 9.59 Å².